The monoisotopic (exact) mass is 349 g/mol. The number of hydrogen-bond acceptors (Lipinski definition) is 5. The number of carbonyl (C=O) groups is 1. The number of furan rings is 1. The Morgan fingerprint density at radius 1 is 1.23 bits per heavy atom. The highest BCUT2D eigenvalue weighted by atomic mass is 16.3. The average Bonchev–Trinajstić information content (AvgIpc) is 3.34. The molecule has 0 radical (unpaired) electrons. The summed E-state index contributed by atoms with van der Waals surface area (Å²) in [5.74, 6) is 0.354. The Kier molecular flexibility index (Phi) is 4.06. The van der Waals surface area contributed by atoms with Crippen LogP contribution in [0.15, 0.2) is 64.3 Å². The molecule has 0 aliphatic rings. The van der Waals surface area contributed by atoms with Crippen molar-refractivity contribution in [2.45, 2.75) is 6.54 Å². The van der Waals surface area contributed by atoms with Crippen LogP contribution < -0.4 is 10.9 Å². The zero-order chi connectivity index (χ0) is 17.9. The van der Waals surface area contributed by atoms with E-state index in [1.54, 1.807) is 49.0 Å². The van der Waals surface area contributed by atoms with Gasteiger partial charge in [0.1, 0.15) is 5.69 Å². The van der Waals surface area contributed by atoms with Crippen LogP contribution in [0.2, 0.25) is 0 Å². The zero-order valence-electron chi connectivity index (χ0n) is 13.7. The SMILES string of the molecule is O=C(NCCn1nc(-c2ccco2)ccc1=O)c1ccc2nc[nH]c2c1. The molecule has 130 valence electrons. The number of fused-ring (bicyclic) bond motifs is 1. The van der Waals surface area contributed by atoms with Gasteiger partial charge >= 0.3 is 0 Å². The van der Waals surface area contributed by atoms with Crippen molar-refractivity contribution in [3.63, 3.8) is 0 Å². The molecule has 4 rings (SSSR count). The maximum absolute atomic E-state index is 12.3. The minimum absolute atomic E-state index is 0.225. The standard InChI is InChI=1S/C18H15N5O3/c24-17-6-5-14(16-2-1-9-26-16)22-23(17)8-7-19-18(25)12-3-4-13-15(10-12)21-11-20-13/h1-6,9-11H,7-8H2,(H,19,25)(H,20,21). The Morgan fingerprint density at radius 3 is 3.00 bits per heavy atom. The first-order valence-electron chi connectivity index (χ1n) is 8.04. The van der Waals surface area contributed by atoms with Gasteiger partial charge in [0.15, 0.2) is 5.76 Å². The topological polar surface area (TPSA) is 106 Å². The molecule has 8 nitrogen and oxygen atoms in total. The van der Waals surface area contributed by atoms with Crippen molar-refractivity contribution in [3.8, 4) is 11.5 Å². The van der Waals surface area contributed by atoms with Gasteiger partial charge in [-0.25, -0.2) is 9.67 Å². The highest BCUT2D eigenvalue weighted by molar-refractivity contribution is 5.97. The van der Waals surface area contributed by atoms with Gasteiger partial charge in [-0.15, -0.1) is 0 Å². The molecule has 0 aliphatic heterocycles. The maximum atomic E-state index is 12.3. The summed E-state index contributed by atoms with van der Waals surface area (Å²) in [5, 5.41) is 7.05. The van der Waals surface area contributed by atoms with Gasteiger partial charge in [-0.05, 0) is 36.4 Å². The van der Waals surface area contributed by atoms with Crippen LogP contribution in [0.1, 0.15) is 10.4 Å². The summed E-state index contributed by atoms with van der Waals surface area (Å²) >= 11 is 0. The van der Waals surface area contributed by atoms with Gasteiger partial charge in [0.2, 0.25) is 0 Å². The fourth-order valence-electron chi connectivity index (χ4n) is 2.62. The Balaban J connectivity index is 1.43. The minimum Gasteiger partial charge on any atom is -0.463 e. The third kappa shape index (κ3) is 3.12. The summed E-state index contributed by atoms with van der Waals surface area (Å²) in [6.07, 6.45) is 3.12. The van der Waals surface area contributed by atoms with Crippen LogP contribution in [0.25, 0.3) is 22.5 Å². The molecular formula is C18H15N5O3. The van der Waals surface area contributed by atoms with Gasteiger partial charge in [-0.2, -0.15) is 5.10 Å². The zero-order valence-corrected chi connectivity index (χ0v) is 13.7. The number of hydrogen-bond donors (Lipinski definition) is 2. The van der Waals surface area contributed by atoms with E-state index in [-0.39, 0.29) is 24.6 Å². The van der Waals surface area contributed by atoms with Gasteiger partial charge in [-0.1, -0.05) is 0 Å². The maximum Gasteiger partial charge on any atom is 0.266 e. The number of benzene rings is 1. The molecule has 2 N–H and O–H groups in total. The second kappa shape index (κ2) is 6.67. The lowest BCUT2D eigenvalue weighted by Crippen LogP contribution is -2.31. The molecule has 0 atom stereocenters. The van der Waals surface area contributed by atoms with Gasteiger partial charge in [0, 0.05) is 18.2 Å². The van der Waals surface area contributed by atoms with E-state index in [4.69, 9.17) is 4.42 Å². The Morgan fingerprint density at radius 2 is 2.15 bits per heavy atom. The second-order valence-electron chi connectivity index (χ2n) is 5.65. The molecule has 3 heterocycles. The number of rotatable bonds is 5. The molecule has 0 bridgehead atoms. The van der Waals surface area contributed by atoms with Crippen LogP contribution in [0.4, 0.5) is 0 Å². The molecule has 0 aliphatic carbocycles. The average molecular weight is 349 g/mol. The predicted octanol–water partition coefficient (Wildman–Crippen LogP) is 1.81. The Labute approximate surface area is 147 Å². The summed E-state index contributed by atoms with van der Waals surface area (Å²) in [4.78, 5) is 31.3. The molecule has 1 amide bonds. The van der Waals surface area contributed by atoms with Crippen molar-refractivity contribution in [2.75, 3.05) is 6.54 Å². The van der Waals surface area contributed by atoms with Crippen molar-refractivity contribution < 1.29 is 9.21 Å². The molecule has 8 heteroatoms. The summed E-state index contributed by atoms with van der Waals surface area (Å²) in [5.41, 5.74) is 2.43. The van der Waals surface area contributed by atoms with Crippen LogP contribution >= 0.6 is 0 Å². The van der Waals surface area contributed by atoms with Crippen LogP contribution in [0.3, 0.4) is 0 Å². The molecule has 1 aromatic carbocycles. The first kappa shape index (κ1) is 15.8. The lowest BCUT2D eigenvalue weighted by atomic mass is 10.2. The Hall–Kier alpha value is -3.68. The number of nitrogens with zero attached hydrogens (tertiary/aromatic N) is 3. The molecule has 0 fully saturated rings. The quantitative estimate of drug-likeness (QED) is 0.571. The molecular weight excluding hydrogens is 334 g/mol. The van der Waals surface area contributed by atoms with Gasteiger partial charge in [-0.3, -0.25) is 9.59 Å². The van der Waals surface area contributed by atoms with Crippen LogP contribution in [-0.4, -0.2) is 32.2 Å². The fraction of sp³-hybridized carbons (Fsp3) is 0.111. The van der Waals surface area contributed by atoms with Crippen LogP contribution in [0, 0.1) is 0 Å². The van der Waals surface area contributed by atoms with Crippen molar-refractivity contribution in [1.29, 1.82) is 0 Å². The van der Waals surface area contributed by atoms with E-state index < -0.39 is 0 Å². The van der Waals surface area contributed by atoms with Gasteiger partial charge in [0.25, 0.3) is 11.5 Å². The third-order valence-corrected chi connectivity index (χ3v) is 3.93. The second-order valence-corrected chi connectivity index (χ2v) is 5.65. The van der Waals surface area contributed by atoms with Crippen molar-refractivity contribution in [3.05, 3.63) is 71.0 Å². The fourth-order valence-corrected chi connectivity index (χ4v) is 2.62. The highest BCUT2D eigenvalue weighted by Gasteiger charge is 2.09. The molecule has 26 heavy (non-hydrogen) atoms. The van der Waals surface area contributed by atoms with E-state index in [9.17, 15) is 9.59 Å². The van der Waals surface area contributed by atoms with E-state index in [0.29, 0.717) is 17.0 Å². The van der Waals surface area contributed by atoms with E-state index in [0.717, 1.165) is 11.0 Å². The van der Waals surface area contributed by atoms with Gasteiger partial charge < -0.3 is 14.7 Å². The van der Waals surface area contributed by atoms with E-state index in [1.165, 1.54) is 10.7 Å². The summed E-state index contributed by atoms with van der Waals surface area (Å²) < 4.78 is 6.59. The number of H-pyrrole nitrogens is 1. The first-order chi connectivity index (χ1) is 12.7. The van der Waals surface area contributed by atoms with Crippen molar-refractivity contribution >= 4 is 16.9 Å². The molecule has 0 saturated heterocycles. The van der Waals surface area contributed by atoms with E-state index in [2.05, 4.69) is 20.4 Å². The highest BCUT2D eigenvalue weighted by Crippen LogP contribution is 2.15. The minimum atomic E-state index is -0.242. The predicted molar refractivity (Wildman–Crippen MR) is 94.6 cm³/mol. The third-order valence-electron chi connectivity index (χ3n) is 3.93. The molecule has 0 spiro atoms. The van der Waals surface area contributed by atoms with E-state index in [1.807, 2.05) is 0 Å². The number of imidazole rings is 1. The molecule has 0 saturated carbocycles. The van der Waals surface area contributed by atoms with Crippen LogP contribution in [0.5, 0.6) is 0 Å². The summed E-state index contributed by atoms with van der Waals surface area (Å²) in [6.45, 7) is 0.528. The van der Waals surface area contributed by atoms with Crippen molar-refractivity contribution in [1.82, 2.24) is 25.1 Å². The normalized spacial score (nSPS) is 10.9. The molecule has 3 aromatic heterocycles. The smallest absolute Gasteiger partial charge is 0.266 e. The lowest BCUT2D eigenvalue weighted by molar-refractivity contribution is 0.0952. The number of carbonyl (C=O) groups excluding carboxylic acids is 1. The first-order valence-corrected chi connectivity index (χ1v) is 8.04. The van der Waals surface area contributed by atoms with Crippen LogP contribution in [-0.2, 0) is 6.54 Å². The largest absolute Gasteiger partial charge is 0.463 e. The number of amides is 1. The van der Waals surface area contributed by atoms with Crippen molar-refractivity contribution in [2.24, 2.45) is 0 Å². The lowest BCUT2D eigenvalue weighted by Gasteiger charge is -2.08. The van der Waals surface area contributed by atoms with E-state index >= 15 is 0 Å². The Bertz CT molecular complexity index is 1110. The van der Waals surface area contributed by atoms with Gasteiger partial charge in [0.05, 0.1) is 30.2 Å². The molecule has 0 unspecified atom stereocenters. The number of nitrogens with one attached hydrogen (secondary N) is 2. The number of aromatic nitrogens is 4. The number of aromatic amines is 1. The summed E-state index contributed by atoms with van der Waals surface area (Å²) in [7, 11) is 0. The summed E-state index contributed by atoms with van der Waals surface area (Å²) in [6, 6.07) is 11.8. The molecule has 4 aromatic rings.